The second-order valence-corrected chi connectivity index (χ2v) is 7.30. The first-order chi connectivity index (χ1) is 12.8. The standard InChI is InChI=1S/C19H28N4O4/c1-22(2)19(10-5-3-4-6-11-19)14-21-17(24)13-20-18(25)15-8-7-9-16(12-15)23(26)27/h7-9,12H,3-6,10-11,13-14H2,1-2H3,(H,20,25)(H,21,24). The maximum Gasteiger partial charge on any atom is 0.270 e. The molecule has 1 saturated carbocycles. The quantitative estimate of drug-likeness (QED) is 0.431. The van der Waals surface area contributed by atoms with Gasteiger partial charge in [-0.25, -0.2) is 0 Å². The summed E-state index contributed by atoms with van der Waals surface area (Å²) in [5.74, 6) is -0.773. The molecule has 2 rings (SSSR count). The average Bonchev–Trinajstić information content (AvgIpc) is 2.91. The van der Waals surface area contributed by atoms with Gasteiger partial charge in [-0.1, -0.05) is 31.7 Å². The highest BCUT2D eigenvalue weighted by atomic mass is 16.6. The summed E-state index contributed by atoms with van der Waals surface area (Å²) in [5, 5.41) is 16.2. The van der Waals surface area contributed by atoms with E-state index < -0.39 is 10.8 Å². The molecule has 0 aromatic heterocycles. The van der Waals surface area contributed by atoms with Crippen molar-refractivity contribution in [3.05, 3.63) is 39.9 Å². The van der Waals surface area contributed by atoms with E-state index in [1.54, 1.807) is 0 Å². The number of benzene rings is 1. The van der Waals surface area contributed by atoms with Crippen molar-refractivity contribution < 1.29 is 14.5 Å². The van der Waals surface area contributed by atoms with Gasteiger partial charge in [-0.3, -0.25) is 19.7 Å². The van der Waals surface area contributed by atoms with Gasteiger partial charge in [0.05, 0.1) is 11.5 Å². The normalized spacial score (nSPS) is 16.4. The number of non-ortho nitro benzene ring substituents is 1. The van der Waals surface area contributed by atoms with Crippen molar-refractivity contribution in [1.29, 1.82) is 0 Å². The van der Waals surface area contributed by atoms with Crippen LogP contribution in [0.15, 0.2) is 24.3 Å². The highest BCUT2D eigenvalue weighted by Crippen LogP contribution is 2.30. The minimum absolute atomic E-state index is 0.0454. The summed E-state index contributed by atoms with van der Waals surface area (Å²) in [6, 6.07) is 5.43. The van der Waals surface area contributed by atoms with Crippen LogP contribution in [0.3, 0.4) is 0 Å². The molecule has 1 fully saturated rings. The predicted molar refractivity (Wildman–Crippen MR) is 103 cm³/mol. The van der Waals surface area contributed by atoms with Crippen LogP contribution < -0.4 is 10.6 Å². The smallest absolute Gasteiger partial charge is 0.270 e. The molecule has 27 heavy (non-hydrogen) atoms. The largest absolute Gasteiger partial charge is 0.353 e. The Hall–Kier alpha value is -2.48. The molecule has 0 heterocycles. The third-order valence-corrected chi connectivity index (χ3v) is 5.33. The first-order valence-corrected chi connectivity index (χ1v) is 9.31. The Kier molecular flexibility index (Phi) is 7.29. The average molecular weight is 376 g/mol. The van der Waals surface area contributed by atoms with Crippen molar-refractivity contribution in [2.75, 3.05) is 27.2 Å². The number of rotatable bonds is 7. The van der Waals surface area contributed by atoms with Gasteiger partial charge < -0.3 is 15.5 Å². The van der Waals surface area contributed by atoms with Gasteiger partial charge in [-0.05, 0) is 33.0 Å². The first kappa shape index (κ1) is 20.8. The highest BCUT2D eigenvalue weighted by Gasteiger charge is 2.33. The molecule has 1 aromatic carbocycles. The van der Waals surface area contributed by atoms with Gasteiger partial charge >= 0.3 is 0 Å². The Morgan fingerprint density at radius 1 is 1.15 bits per heavy atom. The molecule has 0 radical (unpaired) electrons. The Morgan fingerprint density at radius 2 is 1.81 bits per heavy atom. The summed E-state index contributed by atoms with van der Waals surface area (Å²) in [6.45, 7) is 0.385. The molecule has 2 amide bonds. The van der Waals surface area contributed by atoms with Crippen LogP contribution in [0.25, 0.3) is 0 Å². The molecule has 148 valence electrons. The van der Waals surface area contributed by atoms with E-state index in [-0.39, 0.29) is 29.2 Å². The first-order valence-electron chi connectivity index (χ1n) is 9.31. The minimum Gasteiger partial charge on any atom is -0.353 e. The van der Waals surface area contributed by atoms with Crippen molar-refractivity contribution in [2.45, 2.75) is 44.1 Å². The van der Waals surface area contributed by atoms with Crippen LogP contribution in [0.4, 0.5) is 5.69 Å². The Bertz CT molecular complexity index is 682. The number of hydrogen-bond donors (Lipinski definition) is 2. The zero-order valence-corrected chi connectivity index (χ0v) is 16.0. The van der Waals surface area contributed by atoms with Crippen molar-refractivity contribution in [1.82, 2.24) is 15.5 Å². The summed E-state index contributed by atoms with van der Waals surface area (Å²) in [4.78, 5) is 36.7. The van der Waals surface area contributed by atoms with E-state index in [4.69, 9.17) is 0 Å². The molecule has 1 aliphatic rings. The zero-order chi connectivity index (χ0) is 19.9. The van der Waals surface area contributed by atoms with Crippen LogP contribution in [-0.4, -0.2) is 54.4 Å². The van der Waals surface area contributed by atoms with Crippen LogP contribution in [0, 0.1) is 10.1 Å². The van der Waals surface area contributed by atoms with Gasteiger partial charge in [0.1, 0.15) is 0 Å². The molecule has 8 nitrogen and oxygen atoms in total. The highest BCUT2D eigenvalue weighted by molar-refractivity contribution is 5.96. The summed E-state index contributed by atoms with van der Waals surface area (Å²) in [6.07, 6.45) is 6.83. The molecule has 0 aliphatic heterocycles. The van der Waals surface area contributed by atoms with Gasteiger partial charge in [0.15, 0.2) is 0 Å². The van der Waals surface area contributed by atoms with Crippen LogP contribution in [0.1, 0.15) is 48.9 Å². The number of carbonyl (C=O) groups is 2. The lowest BCUT2D eigenvalue weighted by molar-refractivity contribution is -0.384. The Balaban J connectivity index is 1.87. The van der Waals surface area contributed by atoms with E-state index >= 15 is 0 Å². The van der Waals surface area contributed by atoms with Gasteiger partial charge in [-0.2, -0.15) is 0 Å². The number of amides is 2. The maximum absolute atomic E-state index is 12.2. The van der Waals surface area contributed by atoms with E-state index in [1.165, 1.54) is 37.1 Å². The maximum atomic E-state index is 12.2. The van der Waals surface area contributed by atoms with Crippen LogP contribution in [0.5, 0.6) is 0 Å². The summed E-state index contributed by atoms with van der Waals surface area (Å²) in [5.41, 5.74) is -0.0464. The van der Waals surface area contributed by atoms with Crippen LogP contribution in [-0.2, 0) is 4.79 Å². The van der Waals surface area contributed by atoms with E-state index in [0.717, 1.165) is 25.7 Å². The monoisotopic (exact) mass is 376 g/mol. The minimum atomic E-state index is -0.559. The molecule has 0 spiro atoms. The molecular weight excluding hydrogens is 348 g/mol. The fraction of sp³-hybridized carbons (Fsp3) is 0.579. The molecule has 1 aromatic rings. The van der Waals surface area contributed by atoms with E-state index in [0.29, 0.717) is 6.54 Å². The summed E-state index contributed by atoms with van der Waals surface area (Å²) in [7, 11) is 4.09. The molecule has 0 saturated heterocycles. The van der Waals surface area contributed by atoms with Gasteiger partial charge in [0.25, 0.3) is 11.6 Å². The number of nitrogens with zero attached hydrogens (tertiary/aromatic N) is 2. The van der Waals surface area contributed by atoms with Gasteiger partial charge in [-0.15, -0.1) is 0 Å². The lowest BCUT2D eigenvalue weighted by atomic mass is 9.88. The molecule has 1 aliphatic carbocycles. The summed E-state index contributed by atoms with van der Waals surface area (Å²) >= 11 is 0. The molecular formula is C19H28N4O4. The van der Waals surface area contributed by atoms with Crippen LogP contribution in [0.2, 0.25) is 0 Å². The molecule has 8 heteroatoms. The fourth-order valence-electron chi connectivity index (χ4n) is 3.52. The summed E-state index contributed by atoms with van der Waals surface area (Å²) < 4.78 is 0. The number of carbonyl (C=O) groups excluding carboxylic acids is 2. The molecule has 0 bridgehead atoms. The Labute approximate surface area is 159 Å². The van der Waals surface area contributed by atoms with Gasteiger partial charge in [0, 0.05) is 29.8 Å². The molecule has 2 N–H and O–H groups in total. The van der Waals surface area contributed by atoms with Crippen molar-refractivity contribution in [3.8, 4) is 0 Å². The third kappa shape index (κ3) is 5.75. The molecule has 0 unspecified atom stereocenters. The zero-order valence-electron chi connectivity index (χ0n) is 16.0. The SMILES string of the molecule is CN(C)C1(CNC(=O)CNC(=O)c2cccc([N+](=O)[O-])c2)CCCCCC1. The lowest BCUT2D eigenvalue weighted by Gasteiger charge is -2.39. The number of hydrogen-bond acceptors (Lipinski definition) is 5. The number of nitro groups is 1. The van der Waals surface area contributed by atoms with Crippen molar-refractivity contribution in [2.24, 2.45) is 0 Å². The molecule has 0 atom stereocenters. The topological polar surface area (TPSA) is 105 Å². The fourth-order valence-corrected chi connectivity index (χ4v) is 3.52. The second kappa shape index (κ2) is 9.45. The van der Waals surface area contributed by atoms with Crippen molar-refractivity contribution in [3.63, 3.8) is 0 Å². The number of likely N-dealkylation sites (N-methyl/N-ethyl adjacent to an activating group) is 1. The number of nitrogens with one attached hydrogen (secondary N) is 2. The van der Waals surface area contributed by atoms with E-state index in [2.05, 4.69) is 15.5 Å². The Morgan fingerprint density at radius 3 is 2.41 bits per heavy atom. The third-order valence-electron chi connectivity index (χ3n) is 5.33. The van der Waals surface area contributed by atoms with Gasteiger partial charge in [0.2, 0.25) is 5.91 Å². The van der Waals surface area contributed by atoms with E-state index in [1.807, 2.05) is 14.1 Å². The predicted octanol–water partition coefficient (Wildman–Crippen LogP) is 2.10. The van der Waals surface area contributed by atoms with Crippen LogP contribution >= 0.6 is 0 Å². The second-order valence-electron chi connectivity index (χ2n) is 7.30. The number of nitro benzene ring substituents is 1. The lowest BCUT2D eigenvalue weighted by Crippen LogP contribution is -2.53. The van der Waals surface area contributed by atoms with Crippen molar-refractivity contribution >= 4 is 17.5 Å². The van der Waals surface area contributed by atoms with E-state index in [9.17, 15) is 19.7 Å².